The molecule has 0 atom stereocenters. The van der Waals surface area contributed by atoms with Gasteiger partial charge in [-0.25, -0.2) is 9.97 Å². The first-order valence-corrected chi connectivity index (χ1v) is 8.06. The summed E-state index contributed by atoms with van der Waals surface area (Å²) in [4.78, 5) is 23.0. The van der Waals surface area contributed by atoms with E-state index in [1.54, 1.807) is 4.90 Å². The van der Waals surface area contributed by atoms with Crippen molar-refractivity contribution in [1.82, 2.24) is 14.9 Å². The summed E-state index contributed by atoms with van der Waals surface area (Å²) in [6.45, 7) is 2.41. The Bertz CT molecular complexity index is 897. The quantitative estimate of drug-likeness (QED) is 0.745. The lowest BCUT2D eigenvalue weighted by Gasteiger charge is -2.22. The Morgan fingerprint density at radius 1 is 1.16 bits per heavy atom. The van der Waals surface area contributed by atoms with Crippen LogP contribution in [0.1, 0.15) is 21.6 Å². The molecule has 0 radical (unpaired) electrons. The van der Waals surface area contributed by atoms with Crippen molar-refractivity contribution in [3.63, 3.8) is 0 Å². The Kier molecular flexibility index (Phi) is 4.90. The second kappa shape index (κ2) is 7.27. The number of amides is 1. The fourth-order valence-electron chi connectivity index (χ4n) is 2.75. The molecule has 0 unspecified atom stereocenters. The van der Waals surface area contributed by atoms with Gasteiger partial charge in [-0.15, -0.1) is 0 Å². The van der Waals surface area contributed by atoms with E-state index in [1.165, 1.54) is 0 Å². The van der Waals surface area contributed by atoms with Crippen LogP contribution < -0.4 is 5.73 Å². The molecular weight excluding hydrogens is 316 g/mol. The first-order valence-electron chi connectivity index (χ1n) is 8.06. The standard InChI is InChI=1S/C19H20N4O2/c1-13-7-8-16-15(11-13)17(22-19(20)21-16)18(25)23(9-10-24)12-14-5-3-2-4-6-14/h2-8,11,24H,9-10,12H2,1H3,(H2,20,21,22). The first-order chi connectivity index (χ1) is 12.1. The molecule has 6 heteroatoms. The molecule has 0 aliphatic carbocycles. The summed E-state index contributed by atoms with van der Waals surface area (Å²) in [7, 11) is 0. The molecule has 0 bridgehead atoms. The molecule has 0 saturated carbocycles. The van der Waals surface area contributed by atoms with E-state index in [2.05, 4.69) is 9.97 Å². The van der Waals surface area contributed by atoms with Crippen LogP contribution in [0.3, 0.4) is 0 Å². The topological polar surface area (TPSA) is 92.3 Å². The molecule has 128 valence electrons. The maximum Gasteiger partial charge on any atom is 0.273 e. The van der Waals surface area contributed by atoms with Crippen LogP contribution in [0, 0.1) is 6.92 Å². The third-order valence-corrected chi connectivity index (χ3v) is 3.94. The third-order valence-electron chi connectivity index (χ3n) is 3.94. The Balaban J connectivity index is 2.02. The Morgan fingerprint density at radius 2 is 1.92 bits per heavy atom. The molecule has 0 fully saturated rings. The van der Waals surface area contributed by atoms with Crippen molar-refractivity contribution in [2.45, 2.75) is 13.5 Å². The Morgan fingerprint density at radius 3 is 2.64 bits per heavy atom. The number of fused-ring (bicyclic) bond motifs is 1. The van der Waals surface area contributed by atoms with Crippen LogP contribution in [-0.4, -0.2) is 39.0 Å². The molecule has 0 spiro atoms. The molecule has 3 N–H and O–H groups in total. The first kappa shape index (κ1) is 16.9. The van der Waals surface area contributed by atoms with Gasteiger partial charge in [-0.05, 0) is 24.6 Å². The van der Waals surface area contributed by atoms with Crippen molar-refractivity contribution < 1.29 is 9.90 Å². The lowest BCUT2D eigenvalue weighted by molar-refractivity contribution is 0.0704. The maximum atomic E-state index is 13.1. The number of benzene rings is 2. The van der Waals surface area contributed by atoms with Gasteiger partial charge in [-0.1, -0.05) is 42.0 Å². The van der Waals surface area contributed by atoms with E-state index >= 15 is 0 Å². The van der Waals surface area contributed by atoms with Crippen LogP contribution >= 0.6 is 0 Å². The largest absolute Gasteiger partial charge is 0.395 e. The van der Waals surface area contributed by atoms with Crippen molar-refractivity contribution in [3.8, 4) is 0 Å². The predicted molar refractivity (Wildman–Crippen MR) is 97.0 cm³/mol. The van der Waals surface area contributed by atoms with Gasteiger partial charge in [0.1, 0.15) is 5.69 Å². The number of aliphatic hydroxyl groups excluding tert-OH is 1. The van der Waals surface area contributed by atoms with Crippen LogP contribution in [0.4, 0.5) is 5.95 Å². The van der Waals surface area contributed by atoms with Crippen molar-refractivity contribution >= 4 is 22.8 Å². The number of nitrogens with two attached hydrogens (primary N) is 1. The minimum atomic E-state index is -0.275. The molecular formula is C19H20N4O2. The molecule has 3 rings (SSSR count). The summed E-state index contributed by atoms with van der Waals surface area (Å²) in [6.07, 6.45) is 0. The number of anilines is 1. The van der Waals surface area contributed by atoms with E-state index in [4.69, 9.17) is 5.73 Å². The number of carbonyl (C=O) groups is 1. The van der Waals surface area contributed by atoms with Gasteiger partial charge in [0.15, 0.2) is 0 Å². The molecule has 0 saturated heterocycles. The van der Waals surface area contributed by atoms with Crippen molar-refractivity contribution in [2.75, 3.05) is 18.9 Å². The highest BCUT2D eigenvalue weighted by Crippen LogP contribution is 2.20. The number of aliphatic hydroxyl groups is 1. The molecule has 3 aromatic rings. The summed E-state index contributed by atoms with van der Waals surface area (Å²) in [5.41, 5.74) is 8.66. The Hall–Kier alpha value is -2.99. The van der Waals surface area contributed by atoms with Crippen LogP contribution in [0.2, 0.25) is 0 Å². The molecule has 0 aliphatic rings. The van der Waals surface area contributed by atoms with E-state index in [0.717, 1.165) is 11.1 Å². The highest BCUT2D eigenvalue weighted by atomic mass is 16.3. The number of nitrogens with zero attached hydrogens (tertiary/aromatic N) is 3. The lowest BCUT2D eigenvalue weighted by Crippen LogP contribution is -2.34. The van der Waals surface area contributed by atoms with Crippen LogP contribution in [0.5, 0.6) is 0 Å². The van der Waals surface area contributed by atoms with Gasteiger partial charge < -0.3 is 15.7 Å². The molecule has 6 nitrogen and oxygen atoms in total. The van der Waals surface area contributed by atoms with Crippen molar-refractivity contribution in [3.05, 3.63) is 65.4 Å². The number of carbonyl (C=O) groups excluding carboxylic acids is 1. The number of aryl methyl sites for hydroxylation is 1. The number of rotatable bonds is 5. The average Bonchev–Trinajstić information content (AvgIpc) is 2.61. The number of hydrogen-bond donors (Lipinski definition) is 2. The monoisotopic (exact) mass is 336 g/mol. The zero-order valence-electron chi connectivity index (χ0n) is 14.0. The van der Waals surface area contributed by atoms with Gasteiger partial charge in [0.05, 0.1) is 12.1 Å². The maximum absolute atomic E-state index is 13.1. The zero-order valence-corrected chi connectivity index (χ0v) is 14.0. The van der Waals surface area contributed by atoms with Crippen molar-refractivity contribution in [2.24, 2.45) is 0 Å². The van der Waals surface area contributed by atoms with Gasteiger partial charge in [-0.3, -0.25) is 4.79 Å². The van der Waals surface area contributed by atoms with E-state index in [1.807, 2.05) is 55.5 Å². The van der Waals surface area contributed by atoms with E-state index in [9.17, 15) is 9.90 Å². The Labute approximate surface area is 145 Å². The fourth-order valence-corrected chi connectivity index (χ4v) is 2.75. The minimum absolute atomic E-state index is 0.0587. The van der Waals surface area contributed by atoms with Gasteiger partial charge in [0, 0.05) is 18.5 Å². The number of nitrogen functional groups attached to an aromatic ring is 1. The fraction of sp³-hybridized carbons (Fsp3) is 0.211. The van der Waals surface area contributed by atoms with Gasteiger partial charge in [0.25, 0.3) is 5.91 Å². The highest BCUT2D eigenvalue weighted by molar-refractivity contribution is 6.04. The summed E-state index contributed by atoms with van der Waals surface area (Å²) < 4.78 is 0. The second-order valence-corrected chi connectivity index (χ2v) is 5.89. The van der Waals surface area contributed by atoms with E-state index in [-0.39, 0.29) is 30.7 Å². The molecule has 1 amide bonds. The SMILES string of the molecule is Cc1ccc2nc(N)nc(C(=O)N(CCO)Cc3ccccc3)c2c1. The van der Waals surface area contributed by atoms with Gasteiger partial charge >= 0.3 is 0 Å². The average molecular weight is 336 g/mol. The molecule has 25 heavy (non-hydrogen) atoms. The number of aromatic nitrogens is 2. The molecule has 1 aromatic heterocycles. The minimum Gasteiger partial charge on any atom is -0.395 e. The lowest BCUT2D eigenvalue weighted by atomic mass is 10.1. The van der Waals surface area contributed by atoms with E-state index < -0.39 is 0 Å². The normalized spacial score (nSPS) is 10.8. The van der Waals surface area contributed by atoms with Gasteiger partial charge in [-0.2, -0.15) is 0 Å². The van der Waals surface area contributed by atoms with Crippen molar-refractivity contribution in [1.29, 1.82) is 0 Å². The smallest absolute Gasteiger partial charge is 0.273 e. The molecule has 2 aromatic carbocycles. The molecule has 1 heterocycles. The highest BCUT2D eigenvalue weighted by Gasteiger charge is 2.21. The summed E-state index contributed by atoms with van der Waals surface area (Å²) >= 11 is 0. The summed E-state index contributed by atoms with van der Waals surface area (Å²) in [5.74, 6) is -0.217. The summed E-state index contributed by atoms with van der Waals surface area (Å²) in [6, 6.07) is 15.2. The second-order valence-electron chi connectivity index (χ2n) is 5.89. The zero-order chi connectivity index (χ0) is 17.8. The molecule has 0 aliphatic heterocycles. The number of hydrogen-bond acceptors (Lipinski definition) is 5. The summed E-state index contributed by atoms with van der Waals surface area (Å²) in [5, 5.41) is 10.0. The predicted octanol–water partition coefficient (Wildman–Crippen LogP) is 2.16. The van der Waals surface area contributed by atoms with Crippen LogP contribution in [0.15, 0.2) is 48.5 Å². The van der Waals surface area contributed by atoms with Crippen LogP contribution in [-0.2, 0) is 6.54 Å². The third kappa shape index (κ3) is 3.75. The van der Waals surface area contributed by atoms with Crippen LogP contribution in [0.25, 0.3) is 10.9 Å². The van der Waals surface area contributed by atoms with E-state index in [0.29, 0.717) is 17.4 Å². The van der Waals surface area contributed by atoms with Gasteiger partial charge in [0.2, 0.25) is 5.95 Å².